The van der Waals surface area contributed by atoms with E-state index in [1.165, 1.54) is 5.56 Å². The van der Waals surface area contributed by atoms with Crippen LogP contribution in [0, 0.1) is 11.3 Å². The van der Waals surface area contributed by atoms with E-state index in [0.717, 1.165) is 11.4 Å². The fraction of sp³-hybridized carbons (Fsp3) is 0.429. The highest BCUT2D eigenvalue weighted by atomic mass is 16.2. The second-order valence-electron chi connectivity index (χ2n) is 7.34. The van der Waals surface area contributed by atoms with E-state index in [1.807, 2.05) is 17.0 Å². The summed E-state index contributed by atoms with van der Waals surface area (Å²) in [5.74, 6) is 1.40. The summed E-state index contributed by atoms with van der Waals surface area (Å²) in [6.45, 7) is 8.47. The Morgan fingerprint density at radius 3 is 2.48 bits per heavy atom. The van der Waals surface area contributed by atoms with Crippen molar-refractivity contribution in [1.82, 2.24) is 15.1 Å². The quantitative estimate of drug-likeness (QED) is 0.835. The van der Waals surface area contributed by atoms with Crippen molar-refractivity contribution in [2.45, 2.75) is 39.2 Å². The first-order valence-electron chi connectivity index (χ1n) is 9.35. The van der Waals surface area contributed by atoms with Gasteiger partial charge >= 0.3 is 0 Å². The molecule has 1 aromatic heterocycles. The number of hydrogen-bond donors (Lipinski definition) is 0. The highest BCUT2D eigenvalue weighted by Crippen LogP contribution is 2.19. The van der Waals surface area contributed by atoms with E-state index in [1.54, 1.807) is 6.07 Å². The molecule has 1 amide bonds. The average Bonchev–Trinajstić information content (AvgIpc) is 2.68. The van der Waals surface area contributed by atoms with E-state index in [2.05, 4.69) is 60.1 Å². The minimum atomic E-state index is 0.0960. The van der Waals surface area contributed by atoms with Gasteiger partial charge in [0.1, 0.15) is 6.07 Å². The van der Waals surface area contributed by atoms with E-state index in [0.29, 0.717) is 37.7 Å². The number of carbonyl (C=O) groups excluding carboxylic acids is 1. The van der Waals surface area contributed by atoms with Gasteiger partial charge in [-0.1, -0.05) is 38.1 Å². The highest BCUT2D eigenvalue weighted by Gasteiger charge is 2.28. The van der Waals surface area contributed by atoms with Gasteiger partial charge in [0.2, 0.25) is 5.91 Å². The molecular weight excluding hydrogens is 338 g/mol. The van der Waals surface area contributed by atoms with E-state index < -0.39 is 0 Å². The molecule has 140 valence electrons. The molecule has 0 N–H and O–H groups in total. The van der Waals surface area contributed by atoms with Crippen LogP contribution in [-0.4, -0.2) is 46.7 Å². The number of benzene rings is 1. The van der Waals surface area contributed by atoms with Crippen molar-refractivity contribution in [3.63, 3.8) is 0 Å². The second kappa shape index (κ2) is 8.17. The van der Waals surface area contributed by atoms with Gasteiger partial charge in [-0.25, -0.2) is 0 Å². The van der Waals surface area contributed by atoms with Crippen LogP contribution in [0.3, 0.4) is 0 Å². The van der Waals surface area contributed by atoms with Crippen molar-refractivity contribution in [3.8, 4) is 6.07 Å². The standard InChI is InChI=1S/C21H25N5O/c1-15(2)18-6-4-17(5-7-18)12-21(27)26-11-10-25(14-16(26)3)20-9-8-19(13-22)23-24-20/h4-9,15-16H,10-12,14H2,1-3H3. The number of anilines is 1. The van der Waals surface area contributed by atoms with Gasteiger partial charge in [0.05, 0.1) is 6.42 Å². The molecule has 3 rings (SSSR count). The Balaban J connectivity index is 1.60. The van der Waals surface area contributed by atoms with Crippen LogP contribution in [0.2, 0.25) is 0 Å². The van der Waals surface area contributed by atoms with E-state index >= 15 is 0 Å². The molecule has 1 aromatic carbocycles. The normalized spacial score (nSPS) is 17.1. The molecule has 0 saturated carbocycles. The first kappa shape index (κ1) is 18.8. The Labute approximate surface area is 160 Å². The van der Waals surface area contributed by atoms with Crippen molar-refractivity contribution >= 4 is 11.7 Å². The summed E-state index contributed by atoms with van der Waals surface area (Å²) >= 11 is 0. The van der Waals surface area contributed by atoms with Crippen molar-refractivity contribution < 1.29 is 4.79 Å². The van der Waals surface area contributed by atoms with Gasteiger partial charge in [-0.3, -0.25) is 4.79 Å². The number of aromatic nitrogens is 2. The lowest BCUT2D eigenvalue weighted by atomic mass is 10.0. The zero-order valence-corrected chi connectivity index (χ0v) is 16.1. The zero-order valence-electron chi connectivity index (χ0n) is 16.1. The van der Waals surface area contributed by atoms with Gasteiger partial charge in [0, 0.05) is 25.7 Å². The fourth-order valence-corrected chi connectivity index (χ4v) is 3.39. The summed E-state index contributed by atoms with van der Waals surface area (Å²) in [7, 11) is 0. The van der Waals surface area contributed by atoms with Crippen molar-refractivity contribution in [1.29, 1.82) is 5.26 Å². The van der Waals surface area contributed by atoms with Crippen molar-refractivity contribution in [2.75, 3.05) is 24.5 Å². The Morgan fingerprint density at radius 2 is 1.93 bits per heavy atom. The number of rotatable bonds is 4. The Bertz CT molecular complexity index is 823. The lowest BCUT2D eigenvalue weighted by molar-refractivity contribution is -0.132. The molecule has 2 aromatic rings. The predicted octanol–water partition coefficient (Wildman–Crippen LogP) is 2.75. The Hall–Kier alpha value is -2.94. The number of amides is 1. The molecule has 1 aliphatic heterocycles. The highest BCUT2D eigenvalue weighted by molar-refractivity contribution is 5.79. The molecule has 6 nitrogen and oxygen atoms in total. The molecule has 0 radical (unpaired) electrons. The second-order valence-corrected chi connectivity index (χ2v) is 7.34. The molecule has 27 heavy (non-hydrogen) atoms. The molecule has 1 saturated heterocycles. The number of nitriles is 1. The summed E-state index contributed by atoms with van der Waals surface area (Å²) in [4.78, 5) is 16.8. The fourth-order valence-electron chi connectivity index (χ4n) is 3.39. The minimum absolute atomic E-state index is 0.0960. The summed E-state index contributed by atoms with van der Waals surface area (Å²) in [5.41, 5.74) is 2.65. The van der Waals surface area contributed by atoms with Crippen LogP contribution in [-0.2, 0) is 11.2 Å². The molecular formula is C21H25N5O. The van der Waals surface area contributed by atoms with Gasteiger partial charge in [-0.15, -0.1) is 10.2 Å². The minimum Gasteiger partial charge on any atom is -0.351 e. The van der Waals surface area contributed by atoms with E-state index in [9.17, 15) is 4.79 Å². The smallest absolute Gasteiger partial charge is 0.227 e. The number of carbonyl (C=O) groups is 1. The SMILES string of the molecule is CC(C)c1ccc(CC(=O)N2CCN(c3ccc(C#N)nn3)CC2C)cc1. The topological polar surface area (TPSA) is 73.1 Å². The Morgan fingerprint density at radius 1 is 1.19 bits per heavy atom. The third kappa shape index (κ3) is 4.43. The Kier molecular flexibility index (Phi) is 5.70. The van der Waals surface area contributed by atoms with Gasteiger partial charge < -0.3 is 9.80 Å². The van der Waals surface area contributed by atoms with Gasteiger partial charge in [0.15, 0.2) is 11.5 Å². The van der Waals surface area contributed by atoms with Gasteiger partial charge in [-0.2, -0.15) is 5.26 Å². The van der Waals surface area contributed by atoms with E-state index in [4.69, 9.17) is 5.26 Å². The predicted molar refractivity (Wildman–Crippen MR) is 104 cm³/mol. The maximum atomic E-state index is 12.8. The summed E-state index contributed by atoms with van der Waals surface area (Å²) in [5, 5.41) is 16.8. The van der Waals surface area contributed by atoms with Crippen LogP contribution in [0.1, 0.15) is 43.5 Å². The first-order valence-corrected chi connectivity index (χ1v) is 9.35. The maximum Gasteiger partial charge on any atom is 0.227 e. The first-order chi connectivity index (χ1) is 13.0. The monoisotopic (exact) mass is 363 g/mol. The molecule has 6 heteroatoms. The number of piperazine rings is 1. The lowest BCUT2D eigenvalue weighted by Crippen LogP contribution is -2.54. The molecule has 2 heterocycles. The summed E-state index contributed by atoms with van der Waals surface area (Å²) < 4.78 is 0. The van der Waals surface area contributed by atoms with Crippen LogP contribution in [0.4, 0.5) is 5.82 Å². The van der Waals surface area contributed by atoms with Crippen LogP contribution in [0.25, 0.3) is 0 Å². The van der Waals surface area contributed by atoms with Crippen molar-refractivity contribution in [3.05, 3.63) is 53.2 Å². The number of nitrogens with zero attached hydrogens (tertiary/aromatic N) is 5. The van der Waals surface area contributed by atoms with Crippen LogP contribution < -0.4 is 4.90 Å². The third-order valence-electron chi connectivity index (χ3n) is 5.04. The van der Waals surface area contributed by atoms with E-state index in [-0.39, 0.29) is 11.9 Å². The molecule has 1 fully saturated rings. The van der Waals surface area contributed by atoms with Gasteiger partial charge in [-0.05, 0) is 36.1 Å². The molecule has 1 aliphatic rings. The van der Waals surface area contributed by atoms with Gasteiger partial charge in [0.25, 0.3) is 0 Å². The maximum absolute atomic E-state index is 12.8. The molecule has 1 atom stereocenters. The largest absolute Gasteiger partial charge is 0.351 e. The average molecular weight is 363 g/mol. The molecule has 0 spiro atoms. The van der Waals surface area contributed by atoms with Crippen LogP contribution in [0.5, 0.6) is 0 Å². The zero-order chi connectivity index (χ0) is 19.4. The number of hydrogen-bond acceptors (Lipinski definition) is 5. The molecule has 0 aliphatic carbocycles. The lowest BCUT2D eigenvalue weighted by Gasteiger charge is -2.40. The van der Waals surface area contributed by atoms with Crippen molar-refractivity contribution in [2.24, 2.45) is 0 Å². The third-order valence-corrected chi connectivity index (χ3v) is 5.04. The molecule has 0 bridgehead atoms. The van der Waals surface area contributed by atoms with Crippen LogP contribution in [0.15, 0.2) is 36.4 Å². The molecule has 1 unspecified atom stereocenters. The summed E-state index contributed by atoms with van der Waals surface area (Å²) in [6.07, 6.45) is 0.430. The summed E-state index contributed by atoms with van der Waals surface area (Å²) in [6, 6.07) is 13.9. The van der Waals surface area contributed by atoms with Crippen LogP contribution >= 0.6 is 0 Å².